The molecular weight excluding hydrogens is 368 g/mol. The molecule has 148 valence electrons. The standard InChI is InChI=1S/C20H20O8/c1-4-7-8-9(13(23)16-15(27-16)12(8)22)19(26-4)20-6(3-25-5(2)10(7)20)11(21)14-17(28-14)18(20)24/h3-5,7,10-11,13-17,19,21,23H,1-2H3/t4-,5-,7-,10-,11+,13+,14-,15+,16-,17-,19+,20-/m1/s1. The molecule has 0 unspecified atom stereocenters. The van der Waals surface area contributed by atoms with Crippen LogP contribution >= 0.6 is 0 Å². The minimum Gasteiger partial charge on any atom is -0.498 e. The summed E-state index contributed by atoms with van der Waals surface area (Å²) in [5, 5.41) is 21.8. The van der Waals surface area contributed by atoms with Crippen molar-refractivity contribution in [2.45, 2.75) is 68.8 Å². The van der Waals surface area contributed by atoms with E-state index in [1.54, 1.807) is 0 Å². The second-order valence-electron chi connectivity index (χ2n) is 9.09. The van der Waals surface area contributed by atoms with E-state index in [9.17, 15) is 19.8 Å². The van der Waals surface area contributed by atoms with Crippen LogP contribution in [0.1, 0.15) is 13.8 Å². The van der Waals surface area contributed by atoms with Crippen LogP contribution in [0.25, 0.3) is 0 Å². The first kappa shape index (κ1) is 16.2. The van der Waals surface area contributed by atoms with Gasteiger partial charge in [0.1, 0.15) is 36.6 Å². The van der Waals surface area contributed by atoms with Crippen molar-refractivity contribution in [3.63, 3.8) is 0 Å². The van der Waals surface area contributed by atoms with Crippen molar-refractivity contribution in [1.82, 2.24) is 0 Å². The number of ether oxygens (including phenoxy) is 4. The van der Waals surface area contributed by atoms with E-state index in [0.29, 0.717) is 16.7 Å². The highest BCUT2D eigenvalue weighted by molar-refractivity contribution is 6.06. The Hall–Kier alpha value is -1.58. The van der Waals surface area contributed by atoms with Gasteiger partial charge in [0.2, 0.25) is 0 Å². The molecule has 0 amide bonds. The minimum absolute atomic E-state index is 0.113. The first-order chi connectivity index (χ1) is 13.4. The molecule has 1 spiro atoms. The van der Waals surface area contributed by atoms with Gasteiger partial charge in [-0.1, -0.05) is 0 Å². The van der Waals surface area contributed by atoms with Crippen LogP contribution in [-0.4, -0.2) is 76.7 Å². The Bertz CT molecular complexity index is 921. The van der Waals surface area contributed by atoms with Gasteiger partial charge in [-0.3, -0.25) is 9.59 Å². The third kappa shape index (κ3) is 1.47. The first-order valence-electron chi connectivity index (χ1n) is 9.90. The van der Waals surface area contributed by atoms with E-state index in [1.165, 1.54) is 6.26 Å². The van der Waals surface area contributed by atoms with Crippen LogP contribution in [0.15, 0.2) is 23.0 Å². The van der Waals surface area contributed by atoms with Crippen molar-refractivity contribution >= 4 is 11.6 Å². The Morgan fingerprint density at radius 3 is 2.46 bits per heavy atom. The van der Waals surface area contributed by atoms with Crippen LogP contribution in [-0.2, 0) is 28.5 Å². The van der Waals surface area contributed by atoms with Crippen LogP contribution in [0.4, 0.5) is 0 Å². The summed E-state index contributed by atoms with van der Waals surface area (Å²) in [4.78, 5) is 26.7. The smallest absolute Gasteiger partial charge is 0.190 e. The predicted octanol–water partition coefficient (Wildman–Crippen LogP) is -0.973. The maximum Gasteiger partial charge on any atom is 0.190 e. The average molecular weight is 388 g/mol. The van der Waals surface area contributed by atoms with E-state index in [-0.39, 0.29) is 29.7 Å². The molecular formula is C20H20O8. The molecule has 2 bridgehead atoms. The summed E-state index contributed by atoms with van der Waals surface area (Å²) in [5.74, 6) is -1.05. The number of carbonyl (C=O) groups is 2. The van der Waals surface area contributed by atoms with Crippen molar-refractivity contribution in [3.05, 3.63) is 23.0 Å². The molecule has 4 fully saturated rings. The third-order valence-electron chi connectivity index (χ3n) is 8.00. The summed E-state index contributed by atoms with van der Waals surface area (Å²) in [6.07, 6.45) is -4.40. The van der Waals surface area contributed by atoms with Gasteiger partial charge in [0.15, 0.2) is 11.6 Å². The van der Waals surface area contributed by atoms with E-state index in [0.717, 1.165) is 0 Å². The molecule has 0 aromatic carbocycles. The Kier molecular flexibility index (Phi) is 2.67. The normalized spacial score (nSPS) is 60.0. The van der Waals surface area contributed by atoms with Crippen molar-refractivity contribution in [2.24, 2.45) is 17.3 Å². The molecule has 3 saturated heterocycles. The molecule has 2 N–H and O–H groups in total. The number of aliphatic hydroxyl groups is 2. The maximum atomic E-state index is 13.7. The van der Waals surface area contributed by atoms with Crippen LogP contribution in [0.5, 0.6) is 0 Å². The summed E-state index contributed by atoms with van der Waals surface area (Å²) in [7, 11) is 0. The largest absolute Gasteiger partial charge is 0.498 e. The van der Waals surface area contributed by atoms with E-state index < -0.39 is 54.1 Å². The summed E-state index contributed by atoms with van der Waals surface area (Å²) in [6.45, 7) is 3.77. The van der Waals surface area contributed by atoms with Gasteiger partial charge in [0.05, 0.1) is 30.0 Å². The van der Waals surface area contributed by atoms with Crippen LogP contribution in [0.3, 0.4) is 0 Å². The zero-order valence-corrected chi connectivity index (χ0v) is 15.3. The number of rotatable bonds is 0. The summed E-state index contributed by atoms with van der Waals surface area (Å²) in [6, 6.07) is 0. The number of hydrogen-bond acceptors (Lipinski definition) is 8. The molecule has 3 aliphatic carbocycles. The van der Waals surface area contributed by atoms with Gasteiger partial charge in [-0.25, -0.2) is 0 Å². The quantitative estimate of drug-likeness (QED) is 0.509. The Labute approximate surface area is 160 Å². The lowest BCUT2D eigenvalue weighted by molar-refractivity contribution is -0.210. The number of hydrogen-bond donors (Lipinski definition) is 2. The van der Waals surface area contributed by atoms with Crippen molar-refractivity contribution in [2.75, 3.05) is 0 Å². The van der Waals surface area contributed by atoms with Gasteiger partial charge in [-0.2, -0.15) is 0 Å². The van der Waals surface area contributed by atoms with Crippen molar-refractivity contribution in [3.8, 4) is 0 Å². The molecule has 0 aromatic heterocycles. The van der Waals surface area contributed by atoms with E-state index in [4.69, 9.17) is 18.9 Å². The molecule has 8 nitrogen and oxygen atoms in total. The zero-order chi connectivity index (χ0) is 19.3. The molecule has 1 saturated carbocycles. The van der Waals surface area contributed by atoms with Crippen molar-refractivity contribution in [1.29, 1.82) is 0 Å². The van der Waals surface area contributed by atoms with E-state index >= 15 is 0 Å². The molecule has 0 radical (unpaired) electrons. The van der Waals surface area contributed by atoms with E-state index in [2.05, 4.69) is 0 Å². The van der Waals surface area contributed by atoms with Crippen LogP contribution in [0.2, 0.25) is 0 Å². The molecule has 8 aliphatic rings. The summed E-state index contributed by atoms with van der Waals surface area (Å²) in [5.41, 5.74) is 0.269. The predicted molar refractivity (Wildman–Crippen MR) is 88.8 cm³/mol. The number of ketones is 2. The zero-order valence-electron chi connectivity index (χ0n) is 15.3. The van der Waals surface area contributed by atoms with Gasteiger partial charge in [-0.05, 0) is 19.4 Å². The topological polar surface area (TPSA) is 118 Å². The molecule has 8 rings (SSSR count). The Morgan fingerprint density at radius 2 is 1.68 bits per heavy atom. The molecule has 5 heterocycles. The number of aliphatic hydroxyl groups excluding tert-OH is 2. The highest BCUT2D eigenvalue weighted by Crippen LogP contribution is 2.67. The number of epoxide rings is 2. The monoisotopic (exact) mass is 388 g/mol. The fourth-order valence-corrected chi connectivity index (χ4v) is 6.86. The molecule has 28 heavy (non-hydrogen) atoms. The van der Waals surface area contributed by atoms with Gasteiger partial charge in [-0.15, -0.1) is 0 Å². The van der Waals surface area contributed by atoms with Gasteiger partial charge >= 0.3 is 0 Å². The van der Waals surface area contributed by atoms with Gasteiger partial charge < -0.3 is 29.2 Å². The lowest BCUT2D eigenvalue weighted by atomic mass is 9.45. The lowest BCUT2D eigenvalue weighted by Crippen LogP contribution is -2.72. The SMILES string of the molecule is C[C@H]1O[C@H]2C3=C(C(=O)[C@@H]4O[C@@H]4[C@H]3O)[C@@H]1[C@H]1[C@@H](C)OC=C3[C@H](O)[C@H]4O[C@H]4C(=O)[C@@]312. The summed E-state index contributed by atoms with van der Waals surface area (Å²) < 4.78 is 23.1. The summed E-state index contributed by atoms with van der Waals surface area (Å²) >= 11 is 0. The van der Waals surface area contributed by atoms with Crippen LogP contribution in [0, 0.1) is 17.3 Å². The second kappa shape index (κ2) is 4.60. The number of Topliss-reactive ketones (excluding diaryl/α,β-unsaturated/α-hetero) is 2. The molecule has 12 atom stereocenters. The Balaban J connectivity index is 1.52. The van der Waals surface area contributed by atoms with Gasteiger partial charge in [0.25, 0.3) is 0 Å². The second-order valence-corrected chi connectivity index (χ2v) is 9.09. The Morgan fingerprint density at radius 1 is 0.964 bits per heavy atom. The molecule has 8 heteroatoms. The highest BCUT2D eigenvalue weighted by Gasteiger charge is 2.78. The van der Waals surface area contributed by atoms with Crippen LogP contribution < -0.4 is 0 Å². The third-order valence-corrected chi connectivity index (χ3v) is 8.00. The van der Waals surface area contributed by atoms with Crippen molar-refractivity contribution < 1.29 is 38.7 Å². The number of fused-ring (bicyclic) bond motifs is 3. The maximum absolute atomic E-state index is 13.7. The number of carbonyl (C=O) groups excluding carboxylic acids is 2. The first-order valence-corrected chi connectivity index (χ1v) is 9.90. The molecule has 0 aromatic rings. The molecule has 5 aliphatic heterocycles. The van der Waals surface area contributed by atoms with Gasteiger partial charge in [0, 0.05) is 23.0 Å². The fraction of sp³-hybridized carbons (Fsp3) is 0.700. The van der Waals surface area contributed by atoms with E-state index in [1.807, 2.05) is 13.8 Å². The minimum atomic E-state index is -1.19. The highest BCUT2D eigenvalue weighted by atomic mass is 16.6. The lowest BCUT2D eigenvalue weighted by Gasteiger charge is -2.63. The average Bonchev–Trinajstić information content (AvgIpc) is 3.57. The fourth-order valence-electron chi connectivity index (χ4n) is 6.86.